The van der Waals surface area contributed by atoms with E-state index < -0.39 is 33.5 Å². The molecule has 11 nitrogen and oxygen atoms in total. The summed E-state index contributed by atoms with van der Waals surface area (Å²) in [5.74, 6) is -2.57. The molecule has 244 valence electrons. The number of hydrogen-bond acceptors (Lipinski definition) is 7. The predicted octanol–water partition coefficient (Wildman–Crippen LogP) is 6.05. The number of amides is 1. The van der Waals surface area contributed by atoms with Crippen molar-refractivity contribution in [1.82, 2.24) is 14.9 Å². The second-order valence-electron chi connectivity index (χ2n) is 11.2. The highest BCUT2D eigenvalue weighted by molar-refractivity contribution is 7.92. The summed E-state index contributed by atoms with van der Waals surface area (Å²) in [7, 11) is -2.37. The van der Waals surface area contributed by atoms with Gasteiger partial charge in [-0.25, -0.2) is 22.2 Å². The summed E-state index contributed by atoms with van der Waals surface area (Å²) in [6.07, 6.45) is 0. The van der Waals surface area contributed by atoms with Gasteiger partial charge in [-0.05, 0) is 67.6 Å². The number of carbonyl (C=O) groups excluding carboxylic acids is 1. The van der Waals surface area contributed by atoms with Gasteiger partial charge in [0.15, 0.2) is 0 Å². The van der Waals surface area contributed by atoms with Crippen LogP contribution in [-0.2, 0) is 21.5 Å². The van der Waals surface area contributed by atoms with E-state index in [1.54, 1.807) is 45.9 Å². The Balaban J connectivity index is 1.49. The predicted molar refractivity (Wildman–Crippen MR) is 177 cm³/mol. The third-order valence-electron chi connectivity index (χ3n) is 8.30. The van der Waals surface area contributed by atoms with E-state index in [1.165, 1.54) is 50.4 Å². The third kappa shape index (κ3) is 5.19. The summed E-state index contributed by atoms with van der Waals surface area (Å²) in [6, 6.07) is 18.1. The van der Waals surface area contributed by atoms with Gasteiger partial charge in [0.1, 0.15) is 35.2 Å². The zero-order valence-corrected chi connectivity index (χ0v) is 26.4. The lowest BCUT2D eigenvalue weighted by atomic mass is 10.0. The lowest BCUT2D eigenvalue weighted by Crippen LogP contribution is -2.35. The van der Waals surface area contributed by atoms with Gasteiger partial charge in [-0.2, -0.15) is 0 Å². The summed E-state index contributed by atoms with van der Waals surface area (Å²) in [5, 5.41) is 13.0. The van der Waals surface area contributed by atoms with E-state index in [-0.39, 0.29) is 47.3 Å². The fraction of sp³-hybridized carbons (Fsp3) is 0.147. The molecule has 0 unspecified atom stereocenters. The van der Waals surface area contributed by atoms with E-state index in [4.69, 9.17) is 9.40 Å². The first-order valence-corrected chi connectivity index (χ1v) is 16.5. The molecule has 1 aliphatic rings. The second-order valence-corrected chi connectivity index (χ2v) is 13.2. The van der Waals surface area contributed by atoms with Crippen LogP contribution < -0.4 is 14.9 Å². The average Bonchev–Trinajstić information content (AvgIpc) is 3.63. The van der Waals surface area contributed by atoms with Crippen LogP contribution in [0.1, 0.15) is 17.3 Å². The van der Waals surface area contributed by atoms with Gasteiger partial charge in [0.2, 0.25) is 10.0 Å². The highest BCUT2D eigenvalue weighted by Gasteiger charge is 2.29. The molecule has 3 aromatic heterocycles. The van der Waals surface area contributed by atoms with Gasteiger partial charge in [-0.3, -0.25) is 14.3 Å². The number of nitrogens with zero attached hydrogens (tertiary/aromatic N) is 3. The molecule has 0 fully saturated rings. The number of carboxylic acid groups (broad SMARTS) is 1. The van der Waals surface area contributed by atoms with E-state index in [0.717, 1.165) is 0 Å². The SMILES string of the molecule is CCS(=O)(=O)Nc1cc2oc(-c3ccc(F)cc3)c(C(=O)NC)c2cc1-c1ccc2c(n1)-c1cc3c(F)cccc3n1CN2CC(=O)O. The minimum absolute atomic E-state index is 0.115. The molecule has 0 radical (unpaired) electrons. The van der Waals surface area contributed by atoms with Crippen molar-refractivity contribution in [2.75, 3.05) is 29.0 Å². The molecular formula is C34H27F2N5O6S. The number of aromatic nitrogens is 2. The number of carbonyl (C=O) groups is 2. The molecule has 0 atom stereocenters. The van der Waals surface area contributed by atoms with Crippen LogP contribution in [0.25, 0.3) is 55.8 Å². The Bertz CT molecular complexity index is 2400. The Kier molecular flexibility index (Phi) is 7.39. The molecule has 0 bridgehead atoms. The van der Waals surface area contributed by atoms with E-state index in [1.807, 2.05) is 0 Å². The van der Waals surface area contributed by atoms with Crippen molar-refractivity contribution in [2.45, 2.75) is 13.6 Å². The average molecular weight is 672 g/mol. The number of anilines is 2. The molecule has 6 aromatic rings. The summed E-state index contributed by atoms with van der Waals surface area (Å²) in [5.41, 5.74) is 3.38. The highest BCUT2D eigenvalue weighted by atomic mass is 32.2. The molecule has 14 heteroatoms. The van der Waals surface area contributed by atoms with Crippen LogP contribution in [0.3, 0.4) is 0 Å². The number of rotatable bonds is 8. The highest BCUT2D eigenvalue weighted by Crippen LogP contribution is 2.43. The monoisotopic (exact) mass is 671 g/mol. The second kappa shape index (κ2) is 11.5. The first-order valence-electron chi connectivity index (χ1n) is 14.8. The quantitative estimate of drug-likeness (QED) is 0.177. The fourth-order valence-electron chi connectivity index (χ4n) is 6.02. The van der Waals surface area contributed by atoms with E-state index in [2.05, 4.69) is 10.0 Å². The van der Waals surface area contributed by atoms with Crippen LogP contribution >= 0.6 is 0 Å². The van der Waals surface area contributed by atoms with Gasteiger partial charge in [0.25, 0.3) is 5.91 Å². The number of furan rings is 1. The van der Waals surface area contributed by atoms with Crippen LogP contribution in [0.2, 0.25) is 0 Å². The molecule has 0 aliphatic carbocycles. The number of pyridine rings is 1. The maximum Gasteiger partial charge on any atom is 0.323 e. The first kappa shape index (κ1) is 30.9. The molecule has 0 saturated heterocycles. The van der Waals surface area contributed by atoms with Gasteiger partial charge < -0.3 is 24.3 Å². The van der Waals surface area contributed by atoms with Crippen LogP contribution in [0.5, 0.6) is 0 Å². The van der Waals surface area contributed by atoms with Gasteiger partial charge >= 0.3 is 5.97 Å². The van der Waals surface area contributed by atoms with E-state index in [9.17, 15) is 31.9 Å². The summed E-state index contributed by atoms with van der Waals surface area (Å²) in [4.78, 5) is 31.6. The molecular weight excluding hydrogens is 644 g/mol. The molecule has 3 N–H and O–H groups in total. The molecule has 4 heterocycles. The molecule has 1 amide bonds. The molecule has 3 aromatic carbocycles. The van der Waals surface area contributed by atoms with Crippen LogP contribution in [-0.4, -0.2) is 54.3 Å². The summed E-state index contributed by atoms with van der Waals surface area (Å²) < 4.78 is 64.9. The Morgan fingerprint density at radius 3 is 2.50 bits per heavy atom. The van der Waals surface area contributed by atoms with Crippen molar-refractivity contribution in [3.63, 3.8) is 0 Å². The maximum absolute atomic E-state index is 14.9. The van der Waals surface area contributed by atoms with Crippen molar-refractivity contribution >= 4 is 55.1 Å². The third-order valence-corrected chi connectivity index (χ3v) is 9.59. The number of sulfonamides is 1. The maximum atomic E-state index is 14.9. The molecule has 0 spiro atoms. The molecule has 7 rings (SSSR count). The van der Waals surface area contributed by atoms with Crippen molar-refractivity contribution in [3.05, 3.63) is 90.0 Å². The van der Waals surface area contributed by atoms with E-state index in [0.29, 0.717) is 44.5 Å². The number of benzene rings is 3. The number of aliphatic carboxylic acids is 1. The van der Waals surface area contributed by atoms with Gasteiger partial charge in [0, 0.05) is 35.0 Å². The molecule has 48 heavy (non-hydrogen) atoms. The Morgan fingerprint density at radius 2 is 1.79 bits per heavy atom. The van der Waals surface area contributed by atoms with Crippen LogP contribution in [0.4, 0.5) is 20.2 Å². The Hall–Kier alpha value is -5.76. The van der Waals surface area contributed by atoms with Crippen molar-refractivity contribution in [2.24, 2.45) is 0 Å². The van der Waals surface area contributed by atoms with Crippen LogP contribution in [0.15, 0.2) is 77.2 Å². The Morgan fingerprint density at radius 1 is 1.02 bits per heavy atom. The minimum Gasteiger partial charge on any atom is -0.480 e. The fourth-order valence-corrected chi connectivity index (χ4v) is 6.67. The van der Waals surface area contributed by atoms with E-state index >= 15 is 0 Å². The van der Waals surface area contributed by atoms with Gasteiger partial charge in [0.05, 0.1) is 46.3 Å². The number of carboxylic acids is 1. The number of hydrogen-bond donors (Lipinski definition) is 3. The zero-order chi connectivity index (χ0) is 33.9. The largest absolute Gasteiger partial charge is 0.480 e. The van der Waals surface area contributed by atoms with Crippen molar-refractivity contribution < 1.29 is 36.3 Å². The summed E-state index contributed by atoms with van der Waals surface area (Å²) in [6.45, 7) is 1.26. The lowest BCUT2D eigenvalue weighted by Gasteiger charge is -2.31. The van der Waals surface area contributed by atoms with Crippen molar-refractivity contribution in [3.8, 4) is 34.0 Å². The number of nitrogens with one attached hydrogen (secondary N) is 2. The lowest BCUT2D eigenvalue weighted by molar-refractivity contribution is -0.135. The molecule has 1 aliphatic heterocycles. The topological polar surface area (TPSA) is 147 Å². The Labute approximate surface area is 272 Å². The smallest absolute Gasteiger partial charge is 0.323 e. The van der Waals surface area contributed by atoms with Gasteiger partial charge in [-0.1, -0.05) is 6.07 Å². The number of halogens is 2. The van der Waals surface area contributed by atoms with Crippen LogP contribution in [0, 0.1) is 11.6 Å². The summed E-state index contributed by atoms with van der Waals surface area (Å²) >= 11 is 0. The standard InChI is InChI=1S/C34H27F2N5O6S/c1-3-48(45,46)39-25-15-29-22(31(34(44)37-2)33(47-29)18-7-9-19(35)10-8-18)13-21(25)24-11-12-27-32(38-24)28-14-20-23(36)5-4-6-26(20)41(28)17-40(27)16-30(42)43/h4-15,39H,3,16-17H2,1-2H3,(H,37,44)(H,42,43). The van der Waals surface area contributed by atoms with Crippen molar-refractivity contribution in [1.29, 1.82) is 0 Å². The number of fused-ring (bicyclic) bond motifs is 6. The molecule has 0 saturated carbocycles. The minimum atomic E-state index is -3.82. The zero-order valence-electron chi connectivity index (χ0n) is 25.5. The van der Waals surface area contributed by atoms with Gasteiger partial charge in [-0.15, -0.1) is 0 Å². The normalized spacial score (nSPS) is 12.6. The first-order chi connectivity index (χ1) is 23.0.